The molecule has 0 saturated heterocycles. The molecule has 0 aromatic heterocycles. The van der Waals surface area contributed by atoms with Crippen molar-refractivity contribution in [2.75, 3.05) is 19.4 Å². The van der Waals surface area contributed by atoms with Crippen LogP contribution in [0.3, 0.4) is 0 Å². The van der Waals surface area contributed by atoms with Crippen LogP contribution in [0.2, 0.25) is 0 Å². The van der Waals surface area contributed by atoms with Crippen molar-refractivity contribution in [3.63, 3.8) is 0 Å². The van der Waals surface area contributed by atoms with Gasteiger partial charge in [0.25, 0.3) is 0 Å². The highest BCUT2D eigenvalue weighted by Gasteiger charge is 2.04. The van der Waals surface area contributed by atoms with Gasteiger partial charge in [-0.2, -0.15) is 0 Å². The zero-order chi connectivity index (χ0) is 10.7. The second-order valence-electron chi connectivity index (χ2n) is 2.95. The minimum Gasteiger partial charge on any atom is -0.331 e. The summed E-state index contributed by atoms with van der Waals surface area (Å²) in [4.78, 5) is 12.8. The van der Waals surface area contributed by atoms with Gasteiger partial charge in [0.1, 0.15) is 0 Å². The fourth-order valence-corrected chi connectivity index (χ4v) is 1.57. The van der Waals surface area contributed by atoms with Gasteiger partial charge in [0.2, 0.25) is 0 Å². The molecule has 0 unspecified atom stereocenters. The van der Waals surface area contributed by atoms with Crippen LogP contribution in [0.5, 0.6) is 0 Å². The first-order valence-electron chi connectivity index (χ1n) is 3.94. The van der Waals surface area contributed by atoms with Gasteiger partial charge >= 0.3 is 6.03 Å². The maximum atomic E-state index is 11.3. The first-order valence-corrected chi connectivity index (χ1v) is 5.81. The second-order valence-corrected chi connectivity index (χ2v) is 4.97. The quantitative estimate of drug-likeness (QED) is 0.759. The van der Waals surface area contributed by atoms with Crippen LogP contribution in [0.15, 0.2) is 22.7 Å². The third kappa shape index (κ3) is 3.13. The van der Waals surface area contributed by atoms with E-state index in [1.807, 2.05) is 18.2 Å². The molecule has 0 aliphatic carbocycles. The number of anilines is 1. The Morgan fingerprint density at radius 1 is 1.50 bits per heavy atom. The summed E-state index contributed by atoms with van der Waals surface area (Å²) >= 11 is 5.60. The van der Waals surface area contributed by atoms with Gasteiger partial charge in [0, 0.05) is 27.8 Å². The van der Waals surface area contributed by atoms with Crippen LogP contribution in [-0.2, 0) is 0 Å². The lowest BCUT2D eigenvalue weighted by molar-refractivity contribution is 0.230. The number of urea groups is 1. The summed E-state index contributed by atoms with van der Waals surface area (Å²) in [7, 11) is 3.41. The molecule has 0 fully saturated rings. The second kappa shape index (κ2) is 4.97. The third-order valence-electron chi connectivity index (χ3n) is 1.58. The SMILES string of the molecule is CN(C)C(=O)Nc1ccc(Br)c(I)c1. The molecule has 0 radical (unpaired) electrons. The molecule has 0 saturated carbocycles. The van der Waals surface area contributed by atoms with Crippen LogP contribution in [-0.4, -0.2) is 25.0 Å². The number of nitrogens with zero attached hydrogens (tertiary/aromatic N) is 1. The fourth-order valence-electron chi connectivity index (χ4n) is 0.809. The van der Waals surface area contributed by atoms with Crippen molar-refractivity contribution < 1.29 is 4.79 Å². The van der Waals surface area contributed by atoms with Gasteiger partial charge < -0.3 is 10.2 Å². The normalized spacial score (nSPS) is 9.71. The highest BCUT2D eigenvalue weighted by atomic mass is 127. The maximum Gasteiger partial charge on any atom is 0.321 e. The van der Waals surface area contributed by atoms with Crippen molar-refractivity contribution in [3.05, 3.63) is 26.2 Å². The lowest BCUT2D eigenvalue weighted by atomic mass is 10.3. The predicted octanol–water partition coefficient (Wildman–Crippen LogP) is 3.15. The molecular weight excluding hydrogens is 359 g/mol. The lowest BCUT2D eigenvalue weighted by Gasteiger charge is -2.12. The largest absolute Gasteiger partial charge is 0.331 e. The lowest BCUT2D eigenvalue weighted by Crippen LogP contribution is -2.27. The van der Waals surface area contributed by atoms with E-state index in [9.17, 15) is 4.79 Å². The molecule has 1 aromatic rings. The summed E-state index contributed by atoms with van der Waals surface area (Å²) in [5.41, 5.74) is 0.802. The summed E-state index contributed by atoms with van der Waals surface area (Å²) < 4.78 is 2.10. The van der Waals surface area contributed by atoms with E-state index in [0.29, 0.717) is 0 Å². The molecule has 5 heteroatoms. The Bertz CT molecular complexity index is 355. The van der Waals surface area contributed by atoms with Gasteiger partial charge in [-0.15, -0.1) is 0 Å². The summed E-state index contributed by atoms with van der Waals surface area (Å²) in [5, 5.41) is 2.77. The van der Waals surface area contributed by atoms with E-state index in [4.69, 9.17) is 0 Å². The molecule has 0 atom stereocenters. The van der Waals surface area contributed by atoms with E-state index in [2.05, 4.69) is 43.8 Å². The van der Waals surface area contributed by atoms with Gasteiger partial charge in [-0.25, -0.2) is 4.79 Å². The predicted molar refractivity (Wildman–Crippen MR) is 69.6 cm³/mol. The molecule has 0 heterocycles. The topological polar surface area (TPSA) is 32.3 Å². The monoisotopic (exact) mass is 368 g/mol. The Hall–Kier alpha value is -0.300. The minimum atomic E-state index is -0.122. The molecule has 0 spiro atoms. The number of amides is 2. The van der Waals surface area contributed by atoms with E-state index in [-0.39, 0.29) is 6.03 Å². The van der Waals surface area contributed by atoms with E-state index in [0.717, 1.165) is 13.7 Å². The number of hydrogen-bond acceptors (Lipinski definition) is 1. The van der Waals surface area contributed by atoms with Crippen molar-refractivity contribution in [1.82, 2.24) is 4.90 Å². The fraction of sp³-hybridized carbons (Fsp3) is 0.222. The van der Waals surface area contributed by atoms with Gasteiger partial charge in [-0.05, 0) is 56.7 Å². The summed E-state index contributed by atoms with van der Waals surface area (Å²) in [5.74, 6) is 0. The third-order valence-corrected chi connectivity index (χ3v) is 3.90. The number of carbonyl (C=O) groups is 1. The van der Waals surface area contributed by atoms with Crippen molar-refractivity contribution >= 4 is 50.2 Å². The van der Waals surface area contributed by atoms with Crippen LogP contribution < -0.4 is 5.32 Å². The van der Waals surface area contributed by atoms with Crippen molar-refractivity contribution in [3.8, 4) is 0 Å². The smallest absolute Gasteiger partial charge is 0.321 e. The maximum absolute atomic E-state index is 11.3. The van der Waals surface area contributed by atoms with Crippen molar-refractivity contribution in [1.29, 1.82) is 0 Å². The zero-order valence-electron chi connectivity index (χ0n) is 7.84. The van der Waals surface area contributed by atoms with E-state index >= 15 is 0 Å². The number of hydrogen-bond donors (Lipinski definition) is 1. The van der Waals surface area contributed by atoms with Gasteiger partial charge in [-0.1, -0.05) is 0 Å². The average Bonchev–Trinajstić information content (AvgIpc) is 2.11. The Balaban J connectivity index is 2.78. The van der Waals surface area contributed by atoms with E-state index < -0.39 is 0 Å². The van der Waals surface area contributed by atoms with Crippen molar-refractivity contribution in [2.45, 2.75) is 0 Å². The Morgan fingerprint density at radius 3 is 2.64 bits per heavy atom. The van der Waals surface area contributed by atoms with Crippen molar-refractivity contribution in [2.24, 2.45) is 0 Å². The summed E-state index contributed by atoms with van der Waals surface area (Å²) in [6, 6.07) is 5.55. The molecular formula is C9H10BrIN2O. The molecule has 0 bridgehead atoms. The molecule has 14 heavy (non-hydrogen) atoms. The number of benzene rings is 1. The molecule has 1 rings (SSSR count). The van der Waals surface area contributed by atoms with Gasteiger partial charge in [0.05, 0.1) is 0 Å². The standard InChI is InChI=1S/C9H10BrIN2O/c1-13(2)9(14)12-6-3-4-7(10)8(11)5-6/h3-5H,1-2H3,(H,12,14). The Morgan fingerprint density at radius 2 is 2.14 bits per heavy atom. The van der Waals surface area contributed by atoms with Crippen LogP contribution in [0, 0.1) is 3.57 Å². The minimum absolute atomic E-state index is 0.122. The molecule has 76 valence electrons. The number of halogens is 2. The van der Waals surface area contributed by atoms with E-state index in [1.54, 1.807) is 14.1 Å². The van der Waals surface area contributed by atoms with Crippen LogP contribution in [0.1, 0.15) is 0 Å². The first kappa shape index (κ1) is 11.8. The molecule has 1 N–H and O–H groups in total. The van der Waals surface area contributed by atoms with Crippen LogP contribution in [0.25, 0.3) is 0 Å². The summed E-state index contributed by atoms with van der Waals surface area (Å²) in [6.45, 7) is 0. The highest BCUT2D eigenvalue weighted by molar-refractivity contribution is 14.1. The number of nitrogens with one attached hydrogen (secondary N) is 1. The molecule has 3 nitrogen and oxygen atoms in total. The highest BCUT2D eigenvalue weighted by Crippen LogP contribution is 2.22. The molecule has 0 aliphatic rings. The molecule has 0 aliphatic heterocycles. The Kier molecular flexibility index (Phi) is 4.18. The molecule has 2 amide bonds. The number of carbonyl (C=O) groups excluding carboxylic acids is 1. The average molecular weight is 369 g/mol. The van der Waals surface area contributed by atoms with Gasteiger partial charge in [0.15, 0.2) is 0 Å². The van der Waals surface area contributed by atoms with Crippen LogP contribution in [0.4, 0.5) is 10.5 Å². The Labute approximate surface area is 105 Å². The zero-order valence-corrected chi connectivity index (χ0v) is 11.6. The van der Waals surface area contributed by atoms with Gasteiger partial charge in [-0.3, -0.25) is 0 Å². The van der Waals surface area contributed by atoms with Crippen LogP contribution >= 0.6 is 38.5 Å². The van der Waals surface area contributed by atoms with E-state index in [1.165, 1.54) is 4.90 Å². The molecule has 1 aromatic carbocycles. The first-order chi connectivity index (χ1) is 6.50. The number of rotatable bonds is 1. The summed E-state index contributed by atoms with van der Waals surface area (Å²) in [6.07, 6.45) is 0.